The van der Waals surface area contributed by atoms with E-state index in [1.165, 1.54) is 23.0 Å². The lowest BCUT2D eigenvalue weighted by Gasteiger charge is -2.30. The Balaban J connectivity index is 1.41. The second-order valence-corrected chi connectivity index (χ2v) is 8.10. The van der Waals surface area contributed by atoms with Gasteiger partial charge in [0, 0.05) is 19.5 Å². The van der Waals surface area contributed by atoms with Crippen molar-refractivity contribution in [3.8, 4) is 0 Å². The van der Waals surface area contributed by atoms with Crippen molar-refractivity contribution in [2.24, 2.45) is 0 Å². The average molecular weight is 417 g/mol. The van der Waals surface area contributed by atoms with Crippen LogP contribution in [-0.4, -0.2) is 23.3 Å². The van der Waals surface area contributed by atoms with Gasteiger partial charge in [-0.1, -0.05) is 54.1 Å². The minimum absolute atomic E-state index is 0.0997. The SMILES string of the molecule is Cc1ccc(CN(C(=O)CCCNC(=O)c2ccco2)C2CCc3ccccc32)cc1. The third kappa shape index (κ3) is 5.05. The number of aryl methyl sites for hydroxylation is 2. The monoisotopic (exact) mass is 416 g/mol. The molecule has 1 aromatic heterocycles. The number of hydrogen-bond donors (Lipinski definition) is 1. The van der Waals surface area contributed by atoms with Crippen LogP contribution in [0.3, 0.4) is 0 Å². The van der Waals surface area contributed by atoms with Gasteiger partial charge in [0.05, 0.1) is 12.3 Å². The Bertz CT molecular complexity index is 1030. The summed E-state index contributed by atoms with van der Waals surface area (Å²) >= 11 is 0. The first kappa shape index (κ1) is 20.9. The van der Waals surface area contributed by atoms with Gasteiger partial charge in [-0.15, -0.1) is 0 Å². The van der Waals surface area contributed by atoms with Gasteiger partial charge < -0.3 is 14.6 Å². The lowest BCUT2D eigenvalue weighted by Crippen LogP contribution is -2.34. The van der Waals surface area contributed by atoms with Crippen LogP contribution >= 0.6 is 0 Å². The van der Waals surface area contributed by atoms with Crippen molar-refractivity contribution in [1.29, 1.82) is 0 Å². The van der Waals surface area contributed by atoms with E-state index in [4.69, 9.17) is 4.42 Å². The summed E-state index contributed by atoms with van der Waals surface area (Å²) in [6.07, 6.45) is 4.40. The fourth-order valence-electron chi connectivity index (χ4n) is 4.20. The summed E-state index contributed by atoms with van der Waals surface area (Å²) in [5, 5.41) is 2.82. The van der Waals surface area contributed by atoms with E-state index < -0.39 is 0 Å². The van der Waals surface area contributed by atoms with E-state index in [0.29, 0.717) is 25.9 Å². The maximum absolute atomic E-state index is 13.3. The summed E-state index contributed by atoms with van der Waals surface area (Å²) in [5.41, 5.74) is 4.93. The van der Waals surface area contributed by atoms with E-state index in [1.807, 2.05) is 4.90 Å². The molecule has 5 heteroatoms. The highest BCUT2D eigenvalue weighted by atomic mass is 16.3. The summed E-state index contributed by atoms with van der Waals surface area (Å²) in [4.78, 5) is 27.3. The second kappa shape index (κ2) is 9.65. The molecule has 5 nitrogen and oxygen atoms in total. The zero-order valence-electron chi connectivity index (χ0n) is 17.8. The van der Waals surface area contributed by atoms with Gasteiger partial charge in [-0.2, -0.15) is 0 Å². The van der Waals surface area contributed by atoms with Crippen molar-refractivity contribution < 1.29 is 14.0 Å². The molecule has 0 radical (unpaired) electrons. The van der Waals surface area contributed by atoms with Gasteiger partial charge in [0.25, 0.3) is 5.91 Å². The van der Waals surface area contributed by atoms with Crippen molar-refractivity contribution in [2.45, 2.75) is 45.2 Å². The summed E-state index contributed by atoms with van der Waals surface area (Å²) in [6.45, 7) is 3.10. The molecular weight excluding hydrogens is 388 g/mol. The maximum Gasteiger partial charge on any atom is 0.286 e. The van der Waals surface area contributed by atoms with Gasteiger partial charge in [0.2, 0.25) is 5.91 Å². The largest absolute Gasteiger partial charge is 0.459 e. The first-order chi connectivity index (χ1) is 15.1. The number of nitrogens with zero attached hydrogens (tertiary/aromatic N) is 1. The molecule has 0 fully saturated rings. The maximum atomic E-state index is 13.3. The van der Waals surface area contributed by atoms with Gasteiger partial charge in [0.1, 0.15) is 0 Å². The third-order valence-electron chi connectivity index (χ3n) is 5.87. The topological polar surface area (TPSA) is 62.6 Å². The Kier molecular flexibility index (Phi) is 6.51. The molecule has 2 amide bonds. The summed E-state index contributed by atoms with van der Waals surface area (Å²) < 4.78 is 5.10. The molecule has 0 bridgehead atoms. The van der Waals surface area contributed by atoms with Crippen LogP contribution < -0.4 is 5.32 Å². The number of rotatable bonds is 8. The van der Waals surface area contributed by atoms with Crippen LogP contribution in [0, 0.1) is 6.92 Å². The van der Waals surface area contributed by atoms with E-state index in [-0.39, 0.29) is 23.6 Å². The predicted octanol–water partition coefficient (Wildman–Crippen LogP) is 4.81. The van der Waals surface area contributed by atoms with Crippen molar-refractivity contribution in [3.63, 3.8) is 0 Å². The number of amides is 2. The molecule has 0 saturated carbocycles. The molecule has 1 atom stereocenters. The van der Waals surface area contributed by atoms with Gasteiger partial charge in [-0.25, -0.2) is 0 Å². The number of carbonyl (C=O) groups excluding carboxylic acids is 2. The number of furan rings is 1. The van der Waals surface area contributed by atoms with Crippen LogP contribution in [0.25, 0.3) is 0 Å². The Hall–Kier alpha value is -3.34. The Morgan fingerprint density at radius 1 is 1.06 bits per heavy atom. The third-order valence-corrected chi connectivity index (χ3v) is 5.87. The van der Waals surface area contributed by atoms with Crippen LogP contribution in [-0.2, 0) is 17.8 Å². The highest BCUT2D eigenvalue weighted by Crippen LogP contribution is 2.37. The first-order valence-electron chi connectivity index (χ1n) is 10.9. The summed E-state index contributed by atoms with van der Waals surface area (Å²) in [6, 6.07) is 20.2. The highest BCUT2D eigenvalue weighted by Gasteiger charge is 2.30. The lowest BCUT2D eigenvalue weighted by atomic mass is 10.0. The molecule has 0 spiro atoms. The summed E-state index contributed by atoms with van der Waals surface area (Å²) in [7, 11) is 0. The molecule has 1 aliphatic rings. The lowest BCUT2D eigenvalue weighted by molar-refractivity contribution is -0.134. The number of hydrogen-bond acceptors (Lipinski definition) is 3. The molecule has 1 N–H and O–H groups in total. The zero-order chi connectivity index (χ0) is 21.6. The van der Waals surface area contributed by atoms with Crippen LogP contribution in [0.4, 0.5) is 0 Å². The highest BCUT2D eigenvalue weighted by molar-refractivity contribution is 5.91. The molecule has 3 aromatic rings. The van der Waals surface area contributed by atoms with Crippen LogP contribution in [0.15, 0.2) is 71.3 Å². The number of benzene rings is 2. The fraction of sp³-hybridized carbons (Fsp3) is 0.308. The van der Waals surface area contributed by atoms with Gasteiger partial charge >= 0.3 is 0 Å². The van der Waals surface area contributed by atoms with Crippen molar-refractivity contribution in [2.75, 3.05) is 6.54 Å². The molecule has 2 aromatic carbocycles. The van der Waals surface area contributed by atoms with Crippen LogP contribution in [0.2, 0.25) is 0 Å². The standard InChI is InChI=1S/C26H28N2O3/c1-19-10-12-20(13-11-19)18-28(23-15-14-21-6-2-3-7-22(21)23)25(29)9-4-16-27-26(30)24-8-5-17-31-24/h2-3,5-8,10-13,17,23H,4,9,14-16,18H2,1H3,(H,27,30). The smallest absolute Gasteiger partial charge is 0.286 e. The Labute approximate surface area is 183 Å². The fourth-order valence-corrected chi connectivity index (χ4v) is 4.20. The molecular formula is C26H28N2O3. The van der Waals surface area contributed by atoms with Gasteiger partial charge in [0.15, 0.2) is 5.76 Å². The Morgan fingerprint density at radius 3 is 2.65 bits per heavy atom. The molecule has 1 aliphatic carbocycles. The van der Waals surface area contributed by atoms with Crippen molar-refractivity contribution in [1.82, 2.24) is 10.2 Å². The van der Waals surface area contributed by atoms with E-state index in [9.17, 15) is 9.59 Å². The molecule has 1 heterocycles. The minimum Gasteiger partial charge on any atom is -0.459 e. The number of nitrogens with one attached hydrogen (secondary N) is 1. The minimum atomic E-state index is -0.251. The molecule has 4 rings (SSSR count). The van der Waals surface area contributed by atoms with Crippen LogP contribution in [0.1, 0.15) is 58.1 Å². The summed E-state index contributed by atoms with van der Waals surface area (Å²) in [5.74, 6) is 0.156. The number of fused-ring (bicyclic) bond motifs is 1. The van der Waals surface area contributed by atoms with E-state index in [0.717, 1.165) is 18.4 Å². The zero-order valence-corrected chi connectivity index (χ0v) is 17.8. The van der Waals surface area contributed by atoms with Crippen molar-refractivity contribution >= 4 is 11.8 Å². The van der Waals surface area contributed by atoms with E-state index in [2.05, 4.69) is 60.8 Å². The van der Waals surface area contributed by atoms with E-state index >= 15 is 0 Å². The molecule has 0 saturated heterocycles. The quantitative estimate of drug-likeness (QED) is 0.536. The van der Waals surface area contributed by atoms with Gasteiger partial charge in [-0.05, 0) is 55.0 Å². The molecule has 160 valence electrons. The van der Waals surface area contributed by atoms with Crippen molar-refractivity contribution in [3.05, 3.63) is 94.9 Å². The first-order valence-corrected chi connectivity index (χ1v) is 10.9. The second-order valence-electron chi connectivity index (χ2n) is 8.10. The average Bonchev–Trinajstić information content (AvgIpc) is 3.46. The van der Waals surface area contributed by atoms with Gasteiger partial charge in [-0.3, -0.25) is 9.59 Å². The Morgan fingerprint density at radius 2 is 1.87 bits per heavy atom. The molecule has 0 aliphatic heterocycles. The number of carbonyl (C=O) groups is 2. The van der Waals surface area contributed by atoms with Crippen LogP contribution in [0.5, 0.6) is 0 Å². The van der Waals surface area contributed by atoms with E-state index in [1.54, 1.807) is 12.1 Å². The normalized spacial score (nSPS) is 14.8. The predicted molar refractivity (Wildman–Crippen MR) is 120 cm³/mol. The molecule has 1 unspecified atom stereocenters. The molecule has 31 heavy (non-hydrogen) atoms.